The number of amidine groups is 4. The quantitative estimate of drug-likeness (QED) is 0.0196. The van der Waals surface area contributed by atoms with Gasteiger partial charge in [0.1, 0.15) is 0 Å². The molecule has 8 aromatic carbocycles. The molecule has 375 valence electrons. The van der Waals surface area contributed by atoms with Crippen LogP contribution in [0.1, 0.15) is 48.9 Å². The second kappa shape index (κ2) is 18.6. The number of nitrogens with zero attached hydrogens (tertiary/aromatic N) is 8. The van der Waals surface area contributed by atoms with Gasteiger partial charge in [-0.25, -0.2) is 5.26 Å². The molecule has 0 amide bonds. The first-order valence-corrected chi connectivity index (χ1v) is 30.2. The summed E-state index contributed by atoms with van der Waals surface area (Å²) in [6.45, 7) is 4.37. The molecule has 2 aromatic heterocycles. The molecule has 0 atom stereocenters. The van der Waals surface area contributed by atoms with Crippen molar-refractivity contribution in [1.82, 2.24) is 5.11 Å². The first-order valence-electron chi connectivity index (χ1n) is 24.2. The van der Waals surface area contributed by atoms with Crippen molar-refractivity contribution < 1.29 is 37.1 Å². The molecule has 21 heteroatoms. The van der Waals surface area contributed by atoms with Crippen molar-refractivity contribution in [2.45, 2.75) is 46.3 Å². The van der Waals surface area contributed by atoms with Crippen molar-refractivity contribution in [2.24, 2.45) is 30.0 Å². The van der Waals surface area contributed by atoms with E-state index in [-0.39, 0.29) is 11.5 Å². The second-order valence-electron chi connectivity index (χ2n) is 18.5. The fraction of sp³-hybridized carbons (Fsp3) is 0.107. The van der Waals surface area contributed by atoms with Gasteiger partial charge >= 0.3 is 463 Å². The normalized spacial score (nSPS) is 14.1. The summed E-state index contributed by atoms with van der Waals surface area (Å²) in [5.74, 6) is 9.82. The van der Waals surface area contributed by atoms with Gasteiger partial charge in [0, 0.05) is 0 Å². The summed E-state index contributed by atoms with van der Waals surface area (Å²) >= 11 is 8.81. The molecule has 0 spiro atoms. The summed E-state index contributed by atoms with van der Waals surface area (Å²) < 4.78 is 58.3. The van der Waals surface area contributed by atoms with Gasteiger partial charge in [0.05, 0.1) is 0 Å². The average molecular weight is 1190 g/mol. The first kappa shape index (κ1) is 48.4. The average Bonchev–Trinajstić information content (AvgIpc) is 4.33. The zero-order valence-electron chi connectivity index (χ0n) is 40.4. The molecule has 77 heavy (non-hydrogen) atoms. The van der Waals surface area contributed by atoms with Gasteiger partial charge in [0.2, 0.25) is 0 Å². The van der Waals surface area contributed by atoms with Gasteiger partial charge in [-0.15, -0.1) is 0 Å². The van der Waals surface area contributed by atoms with Crippen LogP contribution in [0.2, 0.25) is 0 Å². The van der Waals surface area contributed by atoms with Crippen molar-refractivity contribution in [2.75, 3.05) is 13.2 Å². The fourth-order valence-corrected chi connectivity index (χ4v) is 16.4. The molecule has 4 aliphatic heterocycles. The fourth-order valence-electron chi connectivity index (χ4n) is 10.6. The van der Waals surface area contributed by atoms with Crippen molar-refractivity contribution in [1.29, 1.82) is 0 Å². The van der Waals surface area contributed by atoms with Crippen LogP contribution in [-0.2, 0) is 19.5 Å². The molecular weight excluding hydrogens is 1160 g/mol. The summed E-state index contributed by atoms with van der Waals surface area (Å²) in [6, 6.07) is 34.0. The van der Waals surface area contributed by atoms with E-state index in [0.717, 1.165) is 68.3 Å². The third-order valence-electron chi connectivity index (χ3n) is 14.1. The van der Waals surface area contributed by atoms with Gasteiger partial charge < -0.3 is 0 Å². The zero-order valence-corrected chi connectivity index (χ0v) is 47.1. The van der Waals surface area contributed by atoms with E-state index in [1.54, 1.807) is 13.0 Å². The van der Waals surface area contributed by atoms with Crippen LogP contribution in [0.25, 0.3) is 64.6 Å². The Morgan fingerprint density at radius 2 is 1.14 bits per heavy atom. The maximum absolute atomic E-state index is 12.5. The number of ether oxygens (including phenoxy) is 2. The Bertz CT molecular complexity index is 4830. The molecular formula is C56H36InN8O8S4. The number of hydrogen-bond acceptors (Lipinski definition) is 16. The van der Waals surface area contributed by atoms with Crippen LogP contribution < -0.4 is 20.4 Å². The molecule has 0 saturated heterocycles. The first-order chi connectivity index (χ1) is 37.5. The van der Waals surface area contributed by atoms with Gasteiger partial charge in [-0.3, -0.25) is 0 Å². The molecule has 1 radical (unpaired) electrons. The summed E-state index contributed by atoms with van der Waals surface area (Å²) in [4.78, 5) is 34.9. The van der Waals surface area contributed by atoms with Crippen LogP contribution in [-0.4, -0.2) is 83.4 Å². The van der Waals surface area contributed by atoms with E-state index >= 15 is 0 Å². The molecule has 10 aromatic rings. The van der Waals surface area contributed by atoms with Crippen LogP contribution in [0.3, 0.4) is 0 Å². The Morgan fingerprint density at radius 3 is 1.69 bits per heavy atom. The maximum atomic E-state index is 12.5. The number of aliphatic imine (C=N–C) groups is 4. The van der Waals surface area contributed by atoms with Crippen LogP contribution in [0.4, 0.5) is 11.6 Å². The second-order valence-corrected chi connectivity index (χ2v) is 25.2. The molecule has 0 saturated carbocycles. The molecule has 0 unspecified atom stereocenters. The monoisotopic (exact) mass is 1190 g/mol. The van der Waals surface area contributed by atoms with Crippen LogP contribution >= 0.6 is 37.3 Å². The molecule has 6 heterocycles. The van der Waals surface area contributed by atoms with Gasteiger partial charge in [0.25, 0.3) is 0 Å². The Labute approximate surface area is 464 Å². The minimum absolute atomic E-state index is 0.0723. The topological polar surface area (TPSA) is 196 Å². The van der Waals surface area contributed by atoms with E-state index < -0.39 is 33.6 Å². The number of thiol groups is 2. The standard InChI is InChI=1S/C56H36N8O8S4.In/c1-3-5-19-69-45-33-11-7-8-12-34(33)46(70-20-6-4-2)42-41(45)53-59-49-37-23-27-15-17-31(75-72-71-65)21-29(27)25-39(37)52(57-49)62-56-44-43(47(73)35-13-9-10-14-36(35)48(44)74)55(64-56)61-50-38-24-28-16-18-32(76(66,67)68)22-30(28)26-40(38)51(58-50)60-54(42)63-53;/h7-18,21-26H,4,6,19-20H2,1-2H3,(H4-2,57,58,59,60,61,62,63,64,65,66,67,68,73,74);/q-2;+2. The van der Waals surface area contributed by atoms with E-state index in [1.807, 2.05) is 91.0 Å². The summed E-state index contributed by atoms with van der Waals surface area (Å²) in [5.41, 5.74) is 3.70. The van der Waals surface area contributed by atoms with Gasteiger partial charge in [-0.2, -0.15) is 0 Å². The van der Waals surface area contributed by atoms with E-state index in [4.69, 9.17) is 74.3 Å². The van der Waals surface area contributed by atoms with Crippen LogP contribution in [0.5, 0.6) is 11.5 Å². The number of hydrogen-bond donors (Lipinski definition) is 4. The molecule has 0 fully saturated rings. The van der Waals surface area contributed by atoms with Gasteiger partial charge in [-0.1, -0.05) is 0 Å². The Kier molecular flexibility index (Phi) is 11.7. The number of unbranched alkanes of at least 4 members (excludes halogenated alkanes) is 1. The summed E-state index contributed by atoms with van der Waals surface area (Å²) in [7, 11) is -4.54. The Hall–Kier alpha value is -6.97. The number of fused-ring (bicyclic) bond motifs is 18. The molecule has 2 N–H and O–H groups in total. The number of benzene rings is 8. The minimum atomic E-state index is -4.54. The molecule has 14 rings (SSSR count). The molecule has 4 aliphatic rings. The van der Waals surface area contributed by atoms with Gasteiger partial charge in [0.15, 0.2) is 0 Å². The van der Waals surface area contributed by atoms with Crippen molar-refractivity contribution in [3.63, 3.8) is 0 Å². The predicted octanol–water partition coefficient (Wildman–Crippen LogP) is 10.9. The SMILES string of the molecule is CC#CCOc1c2ccccc2c(OCCCC)c2c3[n]4c(c12)=NC1=NC(=Nc2c5c(S)c6ccccc6c(S)c5c([n]2[In]4)N=C2N=C(N=3)c3cc4cc(S(=O)(=O)O)ccc4cc32)c2cc3cc(SOOO)ccc3cc21. The molecule has 0 aliphatic carbocycles. The van der Waals surface area contributed by atoms with E-state index in [9.17, 15) is 13.0 Å². The third-order valence-corrected chi connectivity index (χ3v) is 20.6. The third kappa shape index (κ3) is 7.67. The molecule has 16 nitrogen and oxygen atoms in total. The molecule has 6 bridgehead atoms. The van der Waals surface area contributed by atoms with Crippen LogP contribution in [0.15, 0.2) is 159 Å². The van der Waals surface area contributed by atoms with Crippen LogP contribution in [0, 0.1) is 11.8 Å². The summed E-state index contributed by atoms with van der Waals surface area (Å²) in [5, 5.41) is 21.9. The van der Waals surface area contributed by atoms with E-state index in [1.165, 1.54) is 12.1 Å². The predicted molar refractivity (Wildman–Crippen MR) is 305 cm³/mol. The zero-order chi connectivity index (χ0) is 52.4. The van der Waals surface area contributed by atoms with Crippen molar-refractivity contribution >= 4 is 171 Å². The van der Waals surface area contributed by atoms with Gasteiger partial charge in [-0.05, 0) is 0 Å². The number of aromatic nitrogens is 2. The summed E-state index contributed by atoms with van der Waals surface area (Å²) in [6.07, 6.45) is 1.67. The van der Waals surface area contributed by atoms with Crippen molar-refractivity contribution in [3.8, 4) is 23.3 Å². The van der Waals surface area contributed by atoms with Crippen molar-refractivity contribution in [3.05, 3.63) is 142 Å². The Balaban J connectivity index is 1.21. The van der Waals surface area contributed by atoms with E-state index in [2.05, 4.69) is 28.9 Å². The Morgan fingerprint density at radius 1 is 0.623 bits per heavy atom. The number of rotatable bonds is 10. The van der Waals surface area contributed by atoms with E-state index in [0.29, 0.717) is 122 Å².